The second kappa shape index (κ2) is 6.92. The molecule has 0 spiro atoms. The summed E-state index contributed by atoms with van der Waals surface area (Å²) in [6.45, 7) is 6.85. The number of rotatable bonds is 7. The van der Waals surface area contributed by atoms with E-state index in [2.05, 4.69) is 24.1 Å². The predicted molar refractivity (Wildman–Crippen MR) is 59.5 cm³/mol. The maximum atomic E-state index is 5.49. The fraction of sp³-hybridized carbons (Fsp3) is 0.700. The molecule has 1 rings (SSSR count). The monoisotopic (exact) mass is 214 g/mol. The van der Waals surface area contributed by atoms with Crippen molar-refractivity contribution in [3.8, 4) is 0 Å². The zero-order valence-electron chi connectivity index (χ0n) is 8.82. The van der Waals surface area contributed by atoms with E-state index in [1.807, 2.05) is 11.7 Å². The first-order valence-electron chi connectivity index (χ1n) is 4.97. The number of ether oxygens (including phenoxy) is 1. The molecule has 0 aromatic carbocycles. The lowest BCUT2D eigenvalue weighted by molar-refractivity contribution is 0.120. The molecule has 1 aromatic rings. The molecule has 0 saturated carbocycles. The van der Waals surface area contributed by atoms with Gasteiger partial charge < -0.3 is 10.1 Å². The maximum Gasteiger partial charge on any atom is 0.0825 e. The topological polar surface area (TPSA) is 34.1 Å². The van der Waals surface area contributed by atoms with Crippen LogP contribution in [0.2, 0.25) is 0 Å². The number of nitrogens with zero attached hydrogens (tertiary/aromatic N) is 1. The van der Waals surface area contributed by atoms with Gasteiger partial charge in [-0.1, -0.05) is 13.8 Å². The molecule has 14 heavy (non-hydrogen) atoms. The van der Waals surface area contributed by atoms with Crippen LogP contribution in [0.4, 0.5) is 0 Å². The van der Waals surface area contributed by atoms with Crippen LogP contribution in [0.25, 0.3) is 0 Å². The van der Waals surface area contributed by atoms with Crippen molar-refractivity contribution in [1.82, 2.24) is 10.3 Å². The molecule has 1 heterocycles. The predicted octanol–water partition coefficient (Wildman–Crippen LogP) is 2.05. The summed E-state index contributed by atoms with van der Waals surface area (Å²) in [7, 11) is 0. The molecule has 0 atom stereocenters. The van der Waals surface area contributed by atoms with Crippen LogP contribution in [0.15, 0.2) is 11.7 Å². The highest BCUT2D eigenvalue weighted by Gasteiger charge is 1.95. The molecule has 80 valence electrons. The molecule has 0 aliphatic carbocycles. The zero-order chi connectivity index (χ0) is 10.2. The SMILES string of the molecule is CC(C)NCCCOCc1cncs1. The van der Waals surface area contributed by atoms with Gasteiger partial charge in [0.25, 0.3) is 0 Å². The largest absolute Gasteiger partial charge is 0.376 e. The molecule has 0 aliphatic heterocycles. The van der Waals surface area contributed by atoms with Gasteiger partial charge in [0.2, 0.25) is 0 Å². The summed E-state index contributed by atoms with van der Waals surface area (Å²) >= 11 is 1.64. The summed E-state index contributed by atoms with van der Waals surface area (Å²) in [4.78, 5) is 5.18. The van der Waals surface area contributed by atoms with Gasteiger partial charge in [0.15, 0.2) is 0 Å². The van der Waals surface area contributed by atoms with Crippen LogP contribution in [0, 0.1) is 0 Å². The van der Waals surface area contributed by atoms with Crippen LogP contribution in [0.5, 0.6) is 0 Å². The first-order valence-corrected chi connectivity index (χ1v) is 5.85. The van der Waals surface area contributed by atoms with Gasteiger partial charge in [-0.3, -0.25) is 4.98 Å². The van der Waals surface area contributed by atoms with E-state index in [0.717, 1.165) is 19.6 Å². The van der Waals surface area contributed by atoms with Crippen molar-refractivity contribution >= 4 is 11.3 Å². The Morgan fingerprint density at radius 3 is 3.07 bits per heavy atom. The van der Waals surface area contributed by atoms with E-state index in [-0.39, 0.29) is 0 Å². The molecule has 0 fully saturated rings. The average molecular weight is 214 g/mol. The fourth-order valence-electron chi connectivity index (χ4n) is 1.05. The molecule has 1 N–H and O–H groups in total. The van der Waals surface area contributed by atoms with Crippen molar-refractivity contribution in [3.05, 3.63) is 16.6 Å². The highest BCUT2D eigenvalue weighted by molar-refractivity contribution is 7.09. The highest BCUT2D eigenvalue weighted by Crippen LogP contribution is 2.06. The Bertz CT molecular complexity index is 224. The van der Waals surface area contributed by atoms with E-state index < -0.39 is 0 Å². The Morgan fingerprint density at radius 1 is 1.57 bits per heavy atom. The van der Waals surface area contributed by atoms with Crippen molar-refractivity contribution in [1.29, 1.82) is 0 Å². The molecule has 3 nitrogen and oxygen atoms in total. The molecule has 4 heteroatoms. The van der Waals surface area contributed by atoms with Gasteiger partial charge >= 0.3 is 0 Å². The quantitative estimate of drug-likeness (QED) is 0.705. The van der Waals surface area contributed by atoms with Gasteiger partial charge in [0, 0.05) is 18.8 Å². The number of hydrogen-bond donors (Lipinski definition) is 1. The molecule has 0 saturated heterocycles. The summed E-state index contributed by atoms with van der Waals surface area (Å²) < 4.78 is 5.49. The Kier molecular flexibility index (Phi) is 5.75. The van der Waals surface area contributed by atoms with Crippen LogP contribution < -0.4 is 5.32 Å². The summed E-state index contributed by atoms with van der Waals surface area (Å²) in [5.41, 5.74) is 1.83. The van der Waals surface area contributed by atoms with Crippen molar-refractivity contribution in [3.63, 3.8) is 0 Å². The van der Waals surface area contributed by atoms with Gasteiger partial charge in [0.1, 0.15) is 0 Å². The third-order valence-corrected chi connectivity index (χ3v) is 2.50. The number of aromatic nitrogens is 1. The van der Waals surface area contributed by atoms with Gasteiger partial charge in [-0.2, -0.15) is 0 Å². The molecule has 0 amide bonds. The van der Waals surface area contributed by atoms with Gasteiger partial charge in [0.05, 0.1) is 17.0 Å². The molecular formula is C10H18N2OS. The minimum Gasteiger partial charge on any atom is -0.376 e. The van der Waals surface area contributed by atoms with Gasteiger partial charge in [-0.15, -0.1) is 11.3 Å². The van der Waals surface area contributed by atoms with Crippen molar-refractivity contribution < 1.29 is 4.74 Å². The Hall–Kier alpha value is -0.450. The molecule has 0 radical (unpaired) electrons. The van der Waals surface area contributed by atoms with E-state index in [9.17, 15) is 0 Å². The summed E-state index contributed by atoms with van der Waals surface area (Å²) in [5, 5.41) is 3.35. The van der Waals surface area contributed by atoms with Crippen molar-refractivity contribution in [2.75, 3.05) is 13.2 Å². The lowest BCUT2D eigenvalue weighted by Gasteiger charge is -2.07. The first-order chi connectivity index (χ1) is 6.79. The molecular weight excluding hydrogens is 196 g/mol. The lowest BCUT2D eigenvalue weighted by atomic mass is 10.3. The number of nitrogens with one attached hydrogen (secondary N) is 1. The first kappa shape index (κ1) is 11.6. The van der Waals surface area contributed by atoms with Crippen LogP contribution in [0.1, 0.15) is 25.1 Å². The van der Waals surface area contributed by atoms with Crippen molar-refractivity contribution in [2.24, 2.45) is 0 Å². The number of hydrogen-bond acceptors (Lipinski definition) is 4. The fourth-order valence-corrected chi connectivity index (χ4v) is 1.58. The second-order valence-corrected chi connectivity index (χ2v) is 4.45. The van der Waals surface area contributed by atoms with E-state index in [0.29, 0.717) is 12.6 Å². The van der Waals surface area contributed by atoms with Gasteiger partial charge in [-0.05, 0) is 13.0 Å². The Morgan fingerprint density at radius 2 is 2.43 bits per heavy atom. The Balaban J connectivity index is 1.90. The minimum absolute atomic E-state index is 0.566. The minimum atomic E-state index is 0.566. The molecule has 0 aliphatic rings. The summed E-state index contributed by atoms with van der Waals surface area (Å²) in [6.07, 6.45) is 2.92. The Labute approximate surface area is 89.5 Å². The third-order valence-electron chi connectivity index (χ3n) is 1.75. The van der Waals surface area contributed by atoms with Crippen LogP contribution in [-0.2, 0) is 11.3 Å². The molecule has 1 aromatic heterocycles. The highest BCUT2D eigenvalue weighted by atomic mass is 32.1. The van der Waals surface area contributed by atoms with Crippen LogP contribution in [0.3, 0.4) is 0 Å². The molecule has 0 bridgehead atoms. The van der Waals surface area contributed by atoms with Crippen LogP contribution in [-0.4, -0.2) is 24.2 Å². The van der Waals surface area contributed by atoms with Gasteiger partial charge in [-0.25, -0.2) is 0 Å². The van der Waals surface area contributed by atoms with Crippen molar-refractivity contribution in [2.45, 2.75) is 32.9 Å². The van der Waals surface area contributed by atoms with E-state index in [4.69, 9.17) is 4.74 Å². The maximum absolute atomic E-state index is 5.49. The summed E-state index contributed by atoms with van der Waals surface area (Å²) in [5.74, 6) is 0. The lowest BCUT2D eigenvalue weighted by Crippen LogP contribution is -2.24. The second-order valence-electron chi connectivity index (χ2n) is 3.48. The normalized spacial score (nSPS) is 11.1. The standard InChI is InChI=1S/C10H18N2OS/c1-9(2)12-4-3-5-13-7-10-6-11-8-14-10/h6,8-9,12H,3-5,7H2,1-2H3. The third kappa shape index (κ3) is 5.32. The zero-order valence-corrected chi connectivity index (χ0v) is 9.64. The smallest absolute Gasteiger partial charge is 0.0825 e. The van der Waals surface area contributed by atoms with E-state index in [1.54, 1.807) is 11.3 Å². The molecule has 0 unspecified atom stereocenters. The van der Waals surface area contributed by atoms with E-state index in [1.165, 1.54) is 4.88 Å². The average Bonchev–Trinajstić information content (AvgIpc) is 2.63. The van der Waals surface area contributed by atoms with Crippen LogP contribution >= 0.6 is 11.3 Å². The summed E-state index contributed by atoms with van der Waals surface area (Å²) in [6, 6.07) is 0.566. The number of thiazole rings is 1. The van der Waals surface area contributed by atoms with E-state index >= 15 is 0 Å².